The Balaban J connectivity index is 2.62. The lowest BCUT2D eigenvalue weighted by Crippen LogP contribution is -2.47. The molecule has 0 saturated carbocycles. The molecule has 0 fully saturated rings. The van der Waals surface area contributed by atoms with Crippen LogP contribution < -0.4 is 15.4 Å². The molecular formula is C17H20Cl2N2O4. The zero-order valence-electron chi connectivity index (χ0n) is 14.4. The molecule has 0 radical (unpaired) electrons. The van der Waals surface area contributed by atoms with Crippen LogP contribution in [0.3, 0.4) is 0 Å². The highest BCUT2D eigenvalue weighted by Crippen LogP contribution is 2.38. The molecule has 25 heavy (non-hydrogen) atoms. The van der Waals surface area contributed by atoms with Gasteiger partial charge in [0.2, 0.25) is 0 Å². The Labute approximate surface area is 156 Å². The molecule has 2 N–H and O–H groups in total. The number of rotatable bonds is 5. The third-order valence-electron chi connectivity index (χ3n) is 3.73. The van der Waals surface area contributed by atoms with Crippen LogP contribution in [0.1, 0.15) is 32.4 Å². The van der Waals surface area contributed by atoms with Crippen molar-refractivity contribution in [1.29, 1.82) is 0 Å². The van der Waals surface area contributed by atoms with Crippen LogP contribution >= 0.6 is 23.2 Å². The minimum Gasteiger partial charge on any atom is -0.494 e. The summed E-state index contributed by atoms with van der Waals surface area (Å²) in [5, 5.41) is 6.00. The highest BCUT2D eigenvalue weighted by molar-refractivity contribution is 6.37. The Morgan fingerprint density at radius 3 is 2.36 bits per heavy atom. The summed E-state index contributed by atoms with van der Waals surface area (Å²) in [7, 11) is 1.46. The van der Waals surface area contributed by atoms with Crippen molar-refractivity contribution < 1.29 is 19.1 Å². The maximum Gasteiger partial charge on any atom is 0.338 e. The van der Waals surface area contributed by atoms with Crippen molar-refractivity contribution in [2.75, 3.05) is 13.7 Å². The standard InChI is InChI=1S/C17H20Cl2N2O4/c1-5-25-16(22)12-13(8(2)3)20-17(23)21-14(12)9-6-10(18)15(24-4)11(19)7-9/h6-8,14H,5H2,1-4H3,(H2,20,21,23). The lowest BCUT2D eigenvalue weighted by Gasteiger charge is -2.31. The van der Waals surface area contributed by atoms with E-state index in [1.165, 1.54) is 7.11 Å². The van der Waals surface area contributed by atoms with Gasteiger partial charge in [0.05, 0.1) is 35.4 Å². The second kappa shape index (κ2) is 7.97. The van der Waals surface area contributed by atoms with Gasteiger partial charge in [-0.15, -0.1) is 0 Å². The van der Waals surface area contributed by atoms with Crippen molar-refractivity contribution in [3.8, 4) is 5.75 Å². The number of ether oxygens (including phenoxy) is 2. The summed E-state index contributed by atoms with van der Waals surface area (Å²) in [5.74, 6) is -0.262. The predicted molar refractivity (Wildman–Crippen MR) is 95.9 cm³/mol. The molecule has 1 unspecified atom stereocenters. The van der Waals surface area contributed by atoms with Crippen molar-refractivity contribution in [2.45, 2.75) is 26.8 Å². The van der Waals surface area contributed by atoms with Gasteiger partial charge in [0.15, 0.2) is 5.75 Å². The normalized spacial score (nSPS) is 17.2. The molecule has 6 nitrogen and oxygen atoms in total. The summed E-state index contributed by atoms with van der Waals surface area (Å²) in [6, 6.07) is 2.08. The van der Waals surface area contributed by atoms with E-state index in [9.17, 15) is 9.59 Å². The largest absolute Gasteiger partial charge is 0.494 e. The van der Waals surface area contributed by atoms with Gasteiger partial charge in [-0.2, -0.15) is 0 Å². The second-order valence-electron chi connectivity index (χ2n) is 5.75. The number of halogens is 2. The Morgan fingerprint density at radius 2 is 1.88 bits per heavy atom. The fraction of sp³-hybridized carbons (Fsp3) is 0.412. The van der Waals surface area contributed by atoms with Gasteiger partial charge in [-0.1, -0.05) is 37.0 Å². The van der Waals surface area contributed by atoms with Crippen molar-refractivity contribution in [3.63, 3.8) is 0 Å². The summed E-state index contributed by atoms with van der Waals surface area (Å²) in [5.41, 5.74) is 1.40. The van der Waals surface area contributed by atoms with E-state index in [4.69, 9.17) is 32.7 Å². The van der Waals surface area contributed by atoms with E-state index < -0.39 is 18.0 Å². The molecule has 2 amide bonds. The molecule has 0 saturated heterocycles. The van der Waals surface area contributed by atoms with Gasteiger partial charge in [-0.25, -0.2) is 9.59 Å². The first-order valence-corrected chi connectivity index (χ1v) is 8.57. The van der Waals surface area contributed by atoms with Crippen LogP contribution in [0.2, 0.25) is 10.0 Å². The minimum absolute atomic E-state index is 0.0860. The lowest BCUT2D eigenvalue weighted by molar-refractivity contribution is -0.139. The first-order valence-electron chi connectivity index (χ1n) is 7.81. The molecule has 1 atom stereocenters. The topological polar surface area (TPSA) is 76.7 Å². The van der Waals surface area contributed by atoms with Crippen LogP contribution in [-0.2, 0) is 9.53 Å². The van der Waals surface area contributed by atoms with Crippen molar-refractivity contribution in [2.24, 2.45) is 5.92 Å². The highest BCUT2D eigenvalue weighted by atomic mass is 35.5. The zero-order chi connectivity index (χ0) is 18.7. The van der Waals surface area contributed by atoms with Crippen LogP contribution in [0.4, 0.5) is 4.79 Å². The maximum atomic E-state index is 12.5. The maximum absolute atomic E-state index is 12.5. The Morgan fingerprint density at radius 1 is 1.28 bits per heavy atom. The van der Waals surface area contributed by atoms with Crippen LogP contribution in [0, 0.1) is 5.92 Å². The fourth-order valence-electron chi connectivity index (χ4n) is 2.67. The van der Waals surface area contributed by atoms with E-state index in [1.54, 1.807) is 19.1 Å². The summed E-state index contributed by atoms with van der Waals surface area (Å²) >= 11 is 12.4. The molecule has 1 aromatic carbocycles. The van der Waals surface area contributed by atoms with E-state index in [2.05, 4.69) is 10.6 Å². The minimum atomic E-state index is -0.730. The number of amides is 2. The molecule has 1 aliphatic heterocycles. The number of esters is 1. The number of carbonyl (C=O) groups is 2. The van der Waals surface area contributed by atoms with E-state index >= 15 is 0 Å². The summed E-state index contributed by atoms with van der Waals surface area (Å²) in [6.45, 7) is 5.70. The Bertz CT molecular complexity index is 708. The molecule has 0 aliphatic carbocycles. The number of benzene rings is 1. The van der Waals surface area contributed by atoms with Crippen molar-refractivity contribution in [3.05, 3.63) is 39.0 Å². The monoisotopic (exact) mass is 386 g/mol. The molecule has 0 spiro atoms. The van der Waals surface area contributed by atoms with Gasteiger partial charge in [-0.05, 0) is 30.5 Å². The Kier molecular flexibility index (Phi) is 6.19. The highest BCUT2D eigenvalue weighted by Gasteiger charge is 2.35. The number of hydrogen-bond donors (Lipinski definition) is 2. The van der Waals surface area contributed by atoms with Crippen molar-refractivity contribution >= 4 is 35.2 Å². The number of hydrogen-bond acceptors (Lipinski definition) is 4. The smallest absolute Gasteiger partial charge is 0.338 e. The SMILES string of the molecule is CCOC(=O)C1=C(C(C)C)NC(=O)NC1c1cc(Cl)c(OC)c(Cl)c1. The third kappa shape index (κ3) is 4.02. The van der Waals surface area contributed by atoms with Crippen molar-refractivity contribution in [1.82, 2.24) is 10.6 Å². The average Bonchev–Trinajstić information content (AvgIpc) is 2.53. The van der Waals surface area contributed by atoms with Gasteiger partial charge in [0, 0.05) is 5.70 Å². The number of carbonyl (C=O) groups excluding carboxylic acids is 2. The van der Waals surface area contributed by atoms with Gasteiger partial charge in [-0.3, -0.25) is 0 Å². The van der Waals surface area contributed by atoms with Gasteiger partial charge >= 0.3 is 12.0 Å². The van der Waals surface area contributed by atoms with Gasteiger partial charge in [0.1, 0.15) is 0 Å². The quantitative estimate of drug-likeness (QED) is 0.753. The molecule has 1 aromatic rings. The predicted octanol–water partition coefficient (Wildman–Crippen LogP) is 3.83. The number of methoxy groups -OCH3 is 1. The van der Waals surface area contributed by atoms with Crippen LogP contribution in [0.15, 0.2) is 23.4 Å². The summed E-state index contributed by atoms with van der Waals surface area (Å²) < 4.78 is 10.3. The Hall–Kier alpha value is -1.92. The van der Waals surface area contributed by atoms with E-state index in [1.807, 2.05) is 13.8 Å². The average molecular weight is 387 g/mol. The van der Waals surface area contributed by atoms with E-state index in [-0.39, 0.29) is 22.6 Å². The molecule has 8 heteroatoms. The zero-order valence-corrected chi connectivity index (χ0v) is 15.9. The molecule has 0 aromatic heterocycles. The molecule has 0 bridgehead atoms. The van der Waals surface area contributed by atoms with Gasteiger partial charge in [0.25, 0.3) is 0 Å². The number of allylic oxidation sites excluding steroid dienone is 1. The molecule has 136 valence electrons. The third-order valence-corrected chi connectivity index (χ3v) is 4.29. The van der Waals surface area contributed by atoms with E-state index in [0.29, 0.717) is 22.6 Å². The molecular weight excluding hydrogens is 367 g/mol. The van der Waals surface area contributed by atoms with E-state index in [0.717, 1.165) is 0 Å². The van der Waals surface area contributed by atoms with Crippen LogP contribution in [0.25, 0.3) is 0 Å². The first kappa shape index (κ1) is 19.4. The fourth-order valence-corrected chi connectivity index (χ4v) is 3.33. The molecule has 1 aliphatic rings. The molecule has 2 rings (SSSR count). The second-order valence-corrected chi connectivity index (χ2v) is 6.57. The first-order chi connectivity index (χ1) is 11.8. The van der Waals surface area contributed by atoms with Crippen LogP contribution in [0.5, 0.6) is 5.75 Å². The number of urea groups is 1. The van der Waals surface area contributed by atoms with Crippen LogP contribution in [-0.4, -0.2) is 25.7 Å². The lowest BCUT2D eigenvalue weighted by atomic mass is 9.91. The summed E-state index contributed by atoms with van der Waals surface area (Å²) in [6.07, 6.45) is 0. The molecule has 1 heterocycles. The number of nitrogens with one attached hydrogen (secondary N) is 2. The van der Waals surface area contributed by atoms with Gasteiger partial charge < -0.3 is 20.1 Å². The summed E-state index contributed by atoms with van der Waals surface area (Å²) in [4.78, 5) is 24.6.